The molecule has 0 amide bonds. The lowest BCUT2D eigenvalue weighted by Gasteiger charge is -2.09. The summed E-state index contributed by atoms with van der Waals surface area (Å²) in [4.78, 5) is 10.8. The Labute approximate surface area is 105 Å². The van der Waals surface area contributed by atoms with Crippen LogP contribution in [0.5, 0.6) is 0 Å². The Bertz CT molecular complexity index is 674. The minimum atomic E-state index is 0.569. The number of oxazole rings is 1. The summed E-state index contributed by atoms with van der Waals surface area (Å²) in [5.41, 5.74) is 2.31. The van der Waals surface area contributed by atoms with Gasteiger partial charge >= 0.3 is 0 Å². The SMILES string of the molecule is CN(C)c1ccc2nc(-c3ccccc3)oc2n1. The molecular weight excluding hydrogens is 226 g/mol. The monoisotopic (exact) mass is 239 g/mol. The average molecular weight is 239 g/mol. The zero-order valence-electron chi connectivity index (χ0n) is 10.3. The molecule has 4 nitrogen and oxygen atoms in total. The maximum absolute atomic E-state index is 5.70. The normalized spacial score (nSPS) is 10.8. The van der Waals surface area contributed by atoms with Crippen molar-refractivity contribution < 1.29 is 4.42 Å². The van der Waals surface area contributed by atoms with Crippen molar-refractivity contribution in [3.05, 3.63) is 42.5 Å². The zero-order chi connectivity index (χ0) is 12.5. The van der Waals surface area contributed by atoms with Gasteiger partial charge in [0.25, 0.3) is 0 Å². The number of rotatable bonds is 2. The van der Waals surface area contributed by atoms with Crippen molar-refractivity contribution in [2.75, 3.05) is 19.0 Å². The molecule has 0 fully saturated rings. The van der Waals surface area contributed by atoms with E-state index in [9.17, 15) is 0 Å². The second-order valence-corrected chi connectivity index (χ2v) is 4.27. The Morgan fingerprint density at radius 2 is 1.72 bits per heavy atom. The van der Waals surface area contributed by atoms with E-state index < -0.39 is 0 Å². The molecule has 0 bridgehead atoms. The van der Waals surface area contributed by atoms with Crippen LogP contribution in [0.2, 0.25) is 0 Å². The van der Waals surface area contributed by atoms with E-state index in [1.165, 1.54) is 0 Å². The molecule has 0 radical (unpaired) electrons. The molecule has 0 unspecified atom stereocenters. The number of hydrogen-bond acceptors (Lipinski definition) is 4. The van der Waals surface area contributed by atoms with Gasteiger partial charge in [0, 0.05) is 19.7 Å². The fourth-order valence-corrected chi connectivity index (χ4v) is 1.76. The van der Waals surface area contributed by atoms with Gasteiger partial charge in [0.05, 0.1) is 0 Å². The minimum Gasteiger partial charge on any atom is -0.418 e. The molecule has 0 aliphatic rings. The molecule has 1 aromatic carbocycles. The van der Waals surface area contributed by atoms with Gasteiger partial charge in [0.1, 0.15) is 11.3 Å². The summed E-state index contributed by atoms with van der Waals surface area (Å²) in [6, 6.07) is 13.7. The van der Waals surface area contributed by atoms with Crippen molar-refractivity contribution in [1.82, 2.24) is 9.97 Å². The van der Waals surface area contributed by atoms with Crippen LogP contribution in [0.1, 0.15) is 0 Å². The fourth-order valence-electron chi connectivity index (χ4n) is 1.76. The maximum Gasteiger partial charge on any atom is 0.249 e. The number of hydrogen-bond donors (Lipinski definition) is 0. The zero-order valence-corrected chi connectivity index (χ0v) is 10.3. The Hall–Kier alpha value is -2.36. The highest BCUT2D eigenvalue weighted by molar-refractivity contribution is 5.74. The summed E-state index contributed by atoms with van der Waals surface area (Å²) in [6.07, 6.45) is 0. The van der Waals surface area contributed by atoms with Gasteiger partial charge in [-0.05, 0) is 24.3 Å². The smallest absolute Gasteiger partial charge is 0.249 e. The molecule has 2 heterocycles. The van der Waals surface area contributed by atoms with Gasteiger partial charge in [-0.3, -0.25) is 0 Å². The van der Waals surface area contributed by atoms with E-state index >= 15 is 0 Å². The van der Waals surface area contributed by atoms with Crippen LogP contribution in [0, 0.1) is 0 Å². The van der Waals surface area contributed by atoms with Crippen LogP contribution >= 0.6 is 0 Å². The summed E-state index contributed by atoms with van der Waals surface area (Å²) < 4.78 is 5.70. The molecule has 90 valence electrons. The second-order valence-electron chi connectivity index (χ2n) is 4.27. The lowest BCUT2D eigenvalue weighted by molar-refractivity contribution is 0.607. The highest BCUT2D eigenvalue weighted by atomic mass is 16.4. The standard InChI is InChI=1S/C14H13N3O/c1-17(2)12-9-8-11-14(16-12)18-13(15-11)10-6-4-3-5-7-10/h3-9H,1-2H3. The quantitative estimate of drug-likeness (QED) is 0.689. The van der Waals surface area contributed by atoms with Gasteiger partial charge in [0.2, 0.25) is 11.6 Å². The van der Waals surface area contributed by atoms with Crippen molar-refractivity contribution >= 4 is 17.0 Å². The first-order valence-electron chi connectivity index (χ1n) is 5.74. The molecule has 4 heteroatoms. The summed E-state index contributed by atoms with van der Waals surface area (Å²) >= 11 is 0. The van der Waals surface area contributed by atoms with Gasteiger partial charge in [-0.1, -0.05) is 18.2 Å². The van der Waals surface area contributed by atoms with E-state index in [4.69, 9.17) is 4.42 Å². The van der Waals surface area contributed by atoms with Crippen molar-refractivity contribution in [3.63, 3.8) is 0 Å². The van der Waals surface area contributed by atoms with Crippen LogP contribution in [-0.2, 0) is 0 Å². The molecule has 3 aromatic rings. The third-order valence-electron chi connectivity index (χ3n) is 2.72. The van der Waals surface area contributed by atoms with E-state index in [-0.39, 0.29) is 0 Å². The Morgan fingerprint density at radius 1 is 0.944 bits per heavy atom. The molecule has 0 atom stereocenters. The number of fused-ring (bicyclic) bond motifs is 1. The summed E-state index contributed by atoms with van der Waals surface area (Å²) in [7, 11) is 3.89. The van der Waals surface area contributed by atoms with Gasteiger partial charge in [-0.25, -0.2) is 4.98 Å². The first-order chi connectivity index (χ1) is 8.74. The van der Waals surface area contributed by atoms with Crippen LogP contribution in [0.15, 0.2) is 46.9 Å². The summed E-state index contributed by atoms with van der Waals surface area (Å²) in [5, 5.41) is 0. The average Bonchev–Trinajstić information content (AvgIpc) is 2.82. The Kier molecular flexibility index (Phi) is 2.48. The van der Waals surface area contributed by atoms with E-state index in [1.54, 1.807) is 0 Å². The molecule has 0 aliphatic heterocycles. The topological polar surface area (TPSA) is 42.2 Å². The summed E-state index contributed by atoms with van der Waals surface area (Å²) in [5.74, 6) is 1.47. The number of anilines is 1. The number of benzene rings is 1. The van der Waals surface area contributed by atoms with Gasteiger partial charge in [0.15, 0.2) is 0 Å². The lowest BCUT2D eigenvalue weighted by atomic mass is 10.2. The maximum atomic E-state index is 5.70. The van der Waals surface area contributed by atoms with Crippen LogP contribution in [-0.4, -0.2) is 24.1 Å². The molecule has 0 N–H and O–H groups in total. The highest BCUT2D eigenvalue weighted by Crippen LogP contribution is 2.24. The van der Waals surface area contributed by atoms with Crippen LogP contribution < -0.4 is 4.90 Å². The second kappa shape index (κ2) is 4.14. The van der Waals surface area contributed by atoms with Crippen LogP contribution in [0.4, 0.5) is 5.82 Å². The van der Waals surface area contributed by atoms with Gasteiger partial charge in [-0.15, -0.1) is 0 Å². The fraction of sp³-hybridized carbons (Fsp3) is 0.143. The number of aromatic nitrogens is 2. The van der Waals surface area contributed by atoms with Gasteiger partial charge < -0.3 is 9.32 Å². The van der Waals surface area contributed by atoms with Crippen LogP contribution in [0.3, 0.4) is 0 Å². The van der Waals surface area contributed by atoms with Crippen molar-refractivity contribution in [3.8, 4) is 11.5 Å². The lowest BCUT2D eigenvalue weighted by Crippen LogP contribution is -2.09. The Morgan fingerprint density at radius 3 is 2.44 bits per heavy atom. The van der Waals surface area contributed by atoms with E-state index in [0.29, 0.717) is 11.6 Å². The van der Waals surface area contributed by atoms with Crippen molar-refractivity contribution in [2.24, 2.45) is 0 Å². The molecule has 0 saturated carbocycles. The predicted octanol–water partition coefficient (Wildman–Crippen LogP) is 2.96. The van der Waals surface area contributed by atoms with E-state index in [1.807, 2.05) is 61.5 Å². The van der Waals surface area contributed by atoms with E-state index in [2.05, 4.69) is 9.97 Å². The third-order valence-corrected chi connectivity index (χ3v) is 2.72. The summed E-state index contributed by atoms with van der Waals surface area (Å²) in [6.45, 7) is 0. The largest absolute Gasteiger partial charge is 0.418 e. The third kappa shape index (κ3) is 1.82. The van der Waals surface area contributed by atoms with Crippen molar-refractivity contribution in [1.29, 1.82) is 0 Å². The minimum absolute atomic E-state index is 0.569. The molecule has 18 heavy (non-hydrogen) atoms. The number of pyridine rings is 1. The van der Waals surface area contributed by atoms with Gasteiger partial charge in [-0.2, -0.15) is 4.98 Å². The predicted molar refractivity (Wildman–Crippen MR) is 71.6 cm³/mol. The molecule has 0 saturated heterocycles. The molecule has 0 spiro atoms. The molecule has 0 aliphatic carbocycles. The molecule has 2 aromatic heterocycles. The van der Waals surface area contributed by atoms with Crippen LogP contribution in [0.25, 0.3) is 22.7 Å². The highest BCUT2D eigenvalue weighted by Gasteiger charge is 2.09. The first-order valence-corrected chi connectivity index (χ1v) is 5.74. The van der Waals surface area contributed by atoms with Crippen molar-refractivity contribution in [2.45, 2.75) is 0 Å². The Balaban J connectivity index is 2.11. The first kappa shape index (κ1) is 10.8. The number of nitrogens with zero attached hydrogens (tertiary/aromatic N) is 3. The molecule has 3 rings (SSSR count). The van der Waals surface area contributed by atoms with E-state index in [0.717, 1.165) is 16.9 Å². The molecular formula is C14H13N3O.